The number of hydrogen-bond acceptors (Lipinski definition) is 3. The molecule has 2 aliphatic rings. The van der Waals surface area contributed by atoms with Gasteiger partial charge in [0.15, 0.2) is 0 Å². The maximum Gasteiger partial charge on any atom is 0.0538 e. The van der Waals surface area contributed by atoms with Gasteiger partial charge in [0.05, 0.1) is 12.2 Å². The number of aromatic nitrogens is 2. The molecule has 0 aliphatic heterocycles. The summed E-state index contributed by atoms with van der Waals surface area (Å²) in [6.07, 6.45) is 13.9. The highest BCUT2D eigenvalue weighted by Crippen LogP contribution is 2.45. The van der Waals surface area contributed by atoms with Crippen molar-refractivity contribution in [3.05, 3.63) is 18.0 Å². The predicted molar refractivity (Wildman–Crippen MR) is 76.1 cm³/mol. The molecule has 0 aromatic carbocycles. The van der Waals surface area contributed by atoms with E-state index in [1.165, 1.54) is 50.5 Å². The molecule has 2 saturated carbocycles. The number of hydrazine groups is 1. The molecule has 0 bridgehead atoms. The summed E-state index contributed by atoms with van der Waals surface area (Å²) < 4.78 is 1.87. The molecule has 19 heavy (non-hydrogen) atoms. The molecule has 0 amide bonds. The first-order valence-electron chi connectivity index (χ1n) is 7.72. The summed E-state index contributed by atoms with van der Waals surface area (Å²) in [5.41, 5.74) is 4.28. The van der Waals surface area contributed by atoms with Gasteiger partial charge in [-0.25, -0.2) is 0 Å². The van der Waals surface area contributed by atoms with Crippen LogP contribution in [0.25, 0.3) is 0 Å². The van der Waals surface area contributed by atoms with E-state index >= 15 is 0 Å². The first kappa shape index (κ1) is 13.1. The van der Waals surface area contributed by atoms with E-state index < -0.39 is 0 Å². The van der Waals surface area contributed by atoms with Crippen molar-refractivity contribution in [1.82, 2.24) is 15.2 Å². The molecular weight excluding hydrogens is 236 g/mol. The van der Waals surface area contributed by atoms with Gasteiger partial charge in [0.2, 0.25) is 0 Å². The van der Waals surface area contributed by atoms with Crippen LogP contribution in [0.5, 0.6) is 0 Å². The zero-order valence-electron chi connectivity index (χ0n) is 11.9. The number of rotatable bonds is 3. The Labute approximate surface area is 115 Å². The monoisotopic (exact) mass is 262 g/mol. The van der Waals surface area contributed by atoms with Crippen LogP contribution >= 0.6 is 0 Å². The first-order chi connectivity index (χ1) is 9.28. The maximum absolute atomic E-state index is 5.83. The molecule has 4 atom stereocenters. The third kappa shape index (κ3) is 2.70. The van der Waals surface area contributed by atoms with Gasteiger partial charge in [-0.05, 0) is 37.0 Å². The second-order valence-corrected chi connectivity index (χ2v) is 6.47. The maximum atomic E-state index is 5.83. The minimum absolute atomic E-state index is 0.275. The third-order valence-corrected chi connectivity index (χ3v) is 5.32. The van der Waals surface area contributed by atoms with Crippen molar-refractivity contribution < 1.29 is 0 Å². The molecule has 3 rings (SSSR count). The molecule has 2 fully saturated rings. The number of fused-ring (bicyclic) bond motifs is 1. The van der Waals surface area contributed by atoms with Crippen LogP contribution in [-0.4, -0.2) is 9.78 Å². The van der Waals surface area contributed by atoms with Gasteiger partial charge in [-0.1, -0.05) is 25.7 Å². The van der Waals surface area contributed by atoms with Gasteiger partial charge >= 0.3 is 0 Å². The molecule has 3 N–H and O–H groups in total. The smallest absolute Gasteiger partial charge is 0.0538 e. The van der Waals surface area contributed by atoms with Gasteiger partial charge in [-0.15, -0.1) is 0 Å². The first-order valence-corrected chi connectivity index (χ1v) is 7.72. The Morgan fingerprint density at radius 1 is 1.26 bits per heavy atom. The van der Waals surface area contributed by atoms with Crippen LogP contribution < -0.4 is 11.3 Å². The van der Waals surface area contributed by atoms with Crippen LogP contribution in [0.3, 0.4) is 0 Å². The molecule has 1 aromatic heterocycles. The quantitative estimate of drug-likeness (QED) is 0.650. The Morgan fingerprint density at radius 3 is 2.74 bits per heavy atom. The van der Waals surface area contributed by atoms with Crippen LogP contribution in [0.1, 0.15) is 56.6 Å². The summed E-state index contributed by atoms with van der Waals surface area (Å²) in [6.45, 7) is 0. The Morgan fingerprint density at radius 2 is 2.05 bits per heavy atom. The minimum Gasteiger partial charge on any atom is -0.275 e. The van der Waals surface area contributed by atoms with Gasteiger partial charge < -0.3 is 0 Å². The van der Waals surface area contributed by atoms with E-state index in [0.29, 0.717) is 5.92 Å². The SMILES string of the molecule is Cn1cc(C(NN)C2CCC3CCCCC3C2)cn1. The standard InChI is InChI=1S/C15H26N4/c1-19-10-14(9-17-19)15(18-16)13-7-6-11-4-2-3-5-12(11)8-13/h9-13,15,18H,2-8,16H2,1H3. The lowest BCUT2D eigenvalue weighted by molar-refractivity contribution is 0.109. The summed E-state index contributed by atoms with van der Waals surface area (Å²) in [4.78, 5) is 0. The van der Waals surface area contributed by atoms with Gasteiger partial charge in [-0.2, -0.15) is 5.10 Å². The zero-order chi connectivity index (χ0) is 13.2. The molecular formula is C15H26N4. The second kappa shape index (κ2) is 5.63. The van der Waals surface area contributed by atoms with Gasteiger partial charge in [-0.3, -0.25) is 16.0 Å². The van der Waals surface area contributed by atoms with Crippen LogP contribution in [0.15, 0.2) is 12.4 Å². The second-order valence-electron chi connectivity index (χ2n) is 6.47. The number of hydrogen-bond donors (Lipinski definition) is 2. The van der Waals surface area contributed by atoms with Crippen LogP contribution in [-0.2, 0) is 7.05 Å². The summed E-state index contributed by atoms with van der Waals surface area (Å²) in [5, 5.41) is 4.28. The van der Waals surface area contributed by atoms with E-state index in [-0.39, 0.29) is 6.04 Å². The van der Waals surface area contributed by atoms with Gasteiger partial charge in [0, 0.05) is 18.8 Å². The highest BCUT2D eigenvalue weighted by atomic mass is 15.3. The molecule has 0 spiro atoms. The van der Waals surface area contributed by atoms with E-state index in [1.807, 2.05) is 17.9 Å². The summed E-state index contributed by atoms with van der Waals surface area (Å²) in [6, 6.07) is 0.275. The van der Waals surface area contributed by atoms with E-state index in [2.05, 4.69) is 16.7 Å². The van der Waals surface area contributed by atoms with Crippen molar-refractivity contribution in [3.63, 3.8) is 0 Å². The highest BCUT2D eigenvalue weighted by molar-refractivity contribution is 5.12. The lowest BCUT2D eigenvalue weighted by Crippen LogP contribution is -2.38. The largest absolute Gasteiger partial charge is 0.275 e. The fourth-order valence-corrected chi connectivity index (χ4v) is 4.32. The van der Waals surface area contributed by atoms with E-state index in [4.69, 9.17) is 5.84 Å². The van der Waals surface area contributed by atoms with E-state index in [9.17, 15) is 0 Å². The van der Waals surface area contributed by atoms with E-state index in [1.54, 1.807) is 0 Å². The molecule has 4 unspecified atom stereocenters. The van der Waals surface area contributed by atoms with E-state index in [0.717, 1.165) is 11.8 Å². The molecule has 106 valence electrons. The fourth-order valence-electron chi connectivity index (χ4n) is 4.32. The van der Waals surface area contributed by atoms with Crippen molar-refractivity contribution in [2.75, 3.05) is 0 Å². The molecule has 1 heterocycles. The van der Waals surface area contributed by atoms with Crippen molar-refractivity contribution in [2.45, 2.75) is 51.0 Å². The fraction of sp³-hybridized carbons (Fsp3) is 0.800. The molecule has 2 aliphatic carbocycles. The van der Waals surface area contributed by atoms with Gasteiger partial charge in [0.1, 0.15) is 0 Å². The Bertz CT molecular complexity index is 414. The van der Waals surface area contributed by atoms with Crippen LogP contribution in [0, 0.1) is 17.8 Å². The topological polar surface area (TPSA) is 55.9 Å². The molecule has 0 saturated heterocycles. The average molecular weight is 262 g/mol. The number of aryl methyl sites for hydroxylation is 1. The Hall–Kier alpha value is -0.870. The number of nitrogens with two attached hydrogens (primary N) is 1. The molecule has 4 heteroatoms. The molecule has 0 radical (unpaired) electrons. The number of nitrogens with one attached hydrogen (secondary N) is 1. The Balaban J connectivity index is 1.70. The minimum atomic E-state index is 0.275. The molecule has 4 nitrogen and oxygen atoms in total. The normalized spacial score (nSPS) is 32.8. The van der Waals surface area contributed by atoms with Crippen molar-refractivity contribution in [3.8, 4) is 0 Å². The third-order valence-electron chi connectivity index (χ3n) is 5.32. The van der Waals surface area contributed by atoms with Crippen molar-refractivity contribution >= 4 is 0 Å². The molecule has 1 aromatic rings. The van der Waals surface area contributed by atoms with Crippen molar-refractivity contribution in [2.24, 2.45) is 30.6 Å². The summed E-state index contributed by atoms with van der Waals surface area (Å²) in [5.74, 6) is 8.44. The lowest BCUT2D eigenvalue weighted by Gasteiger charge is -2.41. The van der Waals surface area contributed by atoms with Gasteiger partial charge in [0.25, 0.3) is 0 Å². The number of nitrogens with zero attached hydrogens (tertiary/aromatic N) is 2. The summed E-state index contributed by atoms with van der Waals surface area (Å²) >= 11 is 0. The Kier molecular flexibility index (Phi) is 3.89. The van der Waals surface area contributed by atoms with Crippen LogP contribution in [0.2, 0.25) is 0 Å². The lowest BCUT2D eigenvalue weighted by atomic mass is 9.65. The highest BCUT2D eigenvalue weighted by Gasteiger charge is 2.35. The zero-order valence-corrected chi connectivity index (χ0v) is 11.9. The van der Waals surface area contributed by atoms with Crippen LogP contribution in [0.4, 0.5) is 0 Å². The summed E-state index contributed by atoms with van der Waals surface area (Å²) in [7, 11) is 1.97. The van der Waals surface area contributed by atoms with Crippen molar-refractivity contribution in [1.29, 1.82) is 0 Å². The predicted octanol–water partition coefficient (Wildman–Crippen LogP) is 2.53. The average Bonchev–Trinajstić information content (AvgIpc) is 2.86.